The molecule has 0 radical (unpaired) electrons. The van der Waals surface area contributed by atoms with Crippen molar-refractivity contribution in [3.05, 3.63) is 23.8 Å². The van der Waals surface area contributed by atoms with Gasteiger partial charge in [0.1, 0.15) is 0 Å². The predicted molar refractivity (Wildman–Crippen MR) is 47.1 cm³/mol. The van der Waals surface area contributed by atoms with Crippen LogP contribution < -0.4 is 0 Å². The van der Waals surface area contributed by atoms with Gasteiger partial charge in [-0.15, -0.1) is 0 Å². The molecule has 1 unspecified atom stereocenters. The van der Waals surface area contributed by atoms with Crippen LogP contribution in [-0.2, 0) is 0 Å². The molecule has 2 aliphatic rings. The molecule has 1 atom stereocenters. The van der Waals surface area contributed by atoms with E-state index in [-0.39, 0.29) is 0 Å². The van der Waals surface area contributed by atoms with E-state index in [1.807, 2.05) is 4.90 Å². The summed E-state index contributed by atoms with van der Waals surface area (Å²) in [5.41, 5.74) is 1.44. The molecule has 62 valence electrons. The molecule has 0 bridgehead atoms. The molecule has 0 aromatic carbocycles. The minimum absolute atomic E-state index is 0.722. The highest BCUT2D eigenvalue weighted by atomic mass is 15.1. The molecule has 1 aliphatic carbocycles. The molecule has 0 spiro atoms. The van der Waals surface area contributed by atoms with Gasteiger partial charge in [0, 0.05) is 13.1 Å². The zero-order valence-corrected chi connectivity index (χ0v) is 7.03. The number of likely N-dealkylation sites (tertiary alicyclic amines) is 1. The first-order chi connectivity index (χ1) is 5.90. The van der Waals surface area contributed by atoms with E-state index in [9.17, 15) is 0 Å². The third-order valence-corrected chi connectivity index (χ3v) is 2.65. The molecule has 0 aromatic heterocycles. The SMILES string of the molecule is N#CN1CCC2CC=CC=C2C1. The first kappa shape index (κ1) is 7.42. The zero-order valence-electron chi connectivity index (χ0n) is 7.03. The Labute approximate surface area is 72.8 Å². The molecular weight excluding hydrogens is 148 g/mol. The average Bonchev–Trinajstić information content (AvgIpc) is 2.17. The van der Waals surface area contributed by atoms with Crippen LogP contribution in [0, 0.1) is 17.4 Å². The van der Waals surface area contributed by atoms with E-state index in [1.165, 1.54) is 12.0 Å². The number of nitriles is 1. The Kier molecular flexibility index (Phi) is 1.87. The maximum absolute atomic E-state index is 8.71. The molecule has 1 aliphatic heterocycles. The lowest BCUT2D eigenvalue weighted by Crippen LogP contribution is -2.32. The van der Waals surface area contributed by atoms with Crippen molar-refractivity contribution in [3.8, 4) is 6.19 Å². The molecular formula is C10H12N2. The Bertz CT molecular complexity index is 270. The second-order valence-electron chi connectivity index (χ2n) is 3.41. The summed E-state index contributed by atoms with van der Waals surface area (Å²) in [5, 5.41) is 8.71. The highest BCUT2D eigenvalue weighted by molar-refractivity contribution is 5.24. The summed E-state index contributed by atoms with van der Waals surface area (Å²) < 4.78 is 0. The van der Waals surface area contributed by atoms with E-state index in [0.717, 1.165) is 25.4 Å². The number of fused-ring (bicyclic) bond motifs is 1. The van der Waals surface area contributed by atoms with Crippen molar-refractivity contribution in [1.29, 1.82) is 5.26 Å². The van der Waals surface area contributed by atoms with Gasteiger partial charge in [0.25, 0.3) is 0 Å². The molecule has 2 nitrogen and oxygen atoms in total. The van der Waals surface area contributed by atoms with Gasteiger partial charge in [-0.25, -0.2) is 0 Å². The lowest BCUT2D eigenvalue weighted by molar-refractivity contribution is 0.317. The van der Waals surface area contributed by atoms with Gasteiger partial charge in [0.15, 0.2) is 6.19 Å². The van der Waals surface area contributed by atoms with Crippen LogP contribution in [0.25, 0.3) is 0 Å². The second kappa shape index (κ2) is 3.02. The molecule has 1 saturated heterocycles. The van der Waals surface area contributed by atoms with E-state index < -0.39 is 0 Å². The molecule has 12 heavy (non-hydrogen) atoms. The number of hydrogen-bond donors (Lipinski definition) is 0. The van der Waals surface area contributed by atoms with Gasteiger partial charge >= 0.3 is 0 Å². The van der Waals surface area contributed by atoms with Crippen LogP contribution >= 0.6 is 0 Å². The zero-order chi connectivity index (χ0) is 8.39. The maximum atomic E-state index is 8.71. The van der Waals surface area contributed by atoms with Gasteiger partial charge in [-0.1, -0.05) is 18.2 Å². The molecule has 2 heteroatoms. The standard InChI is InChI=1S/C10H12N2/c11-8-12-6-5-9-3-1-2-4-10(9)7-12/h1-2,4,9H,3,5-7H2. The Morgan fingerprint density at radius 3 is 3.33 bits per heavy atom. The summed E-state index contributed by atoms with van der Waals surface area (Å²) in [6, 6.07) is 0. The number of rotatable bonds is 0. The Balaban J connectivity index is 2.12. The van der Waals surface area contributed by atoms with E-state index >= 15 is 0 Å². The van der Waals surface area contributed by atoms with Gasteiger partial charge in [0.05, 0.1) is 0 Å². The smallest absolute Gasteiger partial charge is 0.179 e. The maximum Gasteiger partial charge on any atom is 0.179 e. The van der Waals surface area contributed by atoms with Crippen LogP contribution in [0.1, 0.15) is 12.8 Å². The predicted octanol–water partition coefficient (Wildman–Crippen LogP) is 1.68. The van der Waals surface area contributed by atoms with E-state index in [1.54, 1.807) is 0 Å². The molecule has 0 N–H and O–H groups in total. The normalized spacial score (nSPS) is 27.4. The fraction of sp³-hybridized carbons (Fsp3) is 0.500. The summed E-state index contributed by atoms with van der Waals surface area (Å²) in [5.74, 6) is 0.722. The lowest BCUT2D eigenvalue weighted by atomic mass is 9.86. The van der Waals surface area contributed by atoms with Crippen molar-refractivity contribution in [3.63, 3.8) is 0 Å². The number of hydrogen-bond acceptors (Lipinski definition) is 2. The van der Waals surface area contributed by atoms with Crippen molar-refractivity contribution in [2.75, 3.05) is 13.1 Å². The van der Waals surface area contributed by atoms with Crippen molar-refractivity contribution in [2.24, 2.45) is 5.92 Å². The fourth-order valence-electron chi connectivity index (χ4n) is 1.90. The molecule has 0 aromatic rings. The number of piperidine rings is 1. The topological polar surface area (TPSA) is 27.0 Å². The van der Waals surface area contributed by atoms with Crippen molar-refractivity contribution in [1.82, 2.24) is 4.90 Å². The fourth-order valence-corrected chi connectivity index (χ4v) is 1.90. The highest BCUT2D eigenvalue weighted by Gasteiger charge is 2.22. The van der Waals surface area contributed by atoms with Gasteiger partial charge in [-0.2, -0.15) is 5.26 Å². The Hall–Kier alpha value is -1.23. The van der Waals surface area contributed by atoms with Crippen LogP contribution in [0.5, 0.6) is 0 Å². The van der Waals surface area contributed by atoms with Gasteiger partial charge in [0.2, 0.25) is 0 Å². The van der Waals surface area contributed by atoms with Crippen LogP contribution in [0.15, 0.2) is 23.8 Å². The second-order valence-corrected chi connectivity index (χ2v) is 3.41. The van der Waals surface area contributed by atoms with Crippen LogP contribution in [0.2, 0.25) is 0 Å². The van der Waals surface area contributed by atoms with E-state index in [2.05, 4.69) is 24.4 Å². The minimum atomic E-state index is 0.722. The quantitative estimate of drug-likeness (QED) is 0.504. The third-order valence-electron chi connectivity index (χ3n) is 2.65. The van der Waals surface area contributed by atoms with Crippen LogP contribution in [0.4, 0.5) is 0 Å². The first-order valence-corrected chi connectivity index (χ1v) is 4.40. The average molecular weight is 160 g/mol. The summed E-state index contributed by atoms with van der Waals surface area (Å²) in [6.45, 7) is 1.79. The van der Waals surface area contributed by atoms with E-state index in [4.69, 9.17) is 5.26 Å². The molecule has 0 amide bonds. The van der Waals surface area contributed by atoms with Gasteiger partial charge in [-0.3, -0.25) is 0 Å². The lowest BCUT2D eigenvalue weighted by Gasteiger charge is -2.31. The summed E-state index contributed by atoms with van der Waals surface area (Å²) in [6.07, 6.45) is 11.0. The minimum Gasteiger partial charge on any atom is -0.307 e. The molecule has 1 heterocycles. The summed E-state index contributed by atoms with van der Waals surface area (Å²) in [7, 11) is 0. The van der Waals surface area contributed by atoms with Crippen LogP contribution in [-0.4, -0.2) is 18.0 Å². The van der Waals surface area contributed by atoms with Crippen molar-refractivity contribution < 1.29 is 0 Å². The van der Waals surface area contributed by atoms with Crippen LogP contribution in [0.3, 0.4) is 0 Å². The number of nitrogens with zero attached hydrogens (tertiary/aromatic N) is 2. The van der Waals surface area contributed by atoms with Crippen molar-refractivity contribution >= 4 is 0 Å². The summed E-state index contributed by atoms with van der Waals surface area (Å²) >= 11 is 0. The molecule has 0 saturated carbocycles. The highest BCUT2D eigenvalue weighted by Crippen LogP contribution is 2.28. The van der Waals surface area contributed by atoms with E-state index in [0.29, 0.717) is 0 Å². The molecule has 1 fully saturated rings. The van der Waals surface area contributed by atoms with Gasteiger partial charge < -0.3 is 4.90 Å². The Morgan fingerprint density at radius 1 is 1.58 bits per heavy atom. The third kappa shape index (κ3) is 1.23. The summed E-state index contributed by atoms with van der Waals surface area (Å²) in [4.78, 5) is 1.83. The Morgan fingerprint density at radius 2 is 2.50 bits per heavy atom. The monoisotopic (exact) mass is 160 g/mol. The number of allylic oxidation sites excluding steroid dienone is 3. The van der Waals surface area contributed by atoms with Gasteiger partial charge in [-0.05, 0) is 24.3 Å². The first-order valence-electron chi connectivity index (χ1n) is 4.40. The largest absolute Gasteiger partial charge is 0.307 e. The molecule has 2 rings (SSSR count). The van der Waals surface area contributed by atoms with Crippen molar-refractivity contribution in [2.45, 2.75) is 12.8 Å².